The van der Waals surface area contributed by atoms with Crippen LogP contribution < -0.4 is 0 Å². The molecular formula is C22H17ClN4O2. The fourth-order valence-electron chi connectivity index (χ4n) is 3.52. The van der Waals surface area contributed by atoms with Gasteiger partial charge in [-0.25, -0.2) is 9.98 Å². The average Bonchev–Trinajstić information content (AvgIpc) is 3.49. The van der Waals surface area contributed by atoms with Crippen molar-refractivity contribution in [3.63, 3.8) is 0 Å². The Balaban J connectivity index is 1.51. The molecule has 0 amide bonds. The van der Waals surface area contributed by atoms with Gasteiger partial charge in [0, 0.05) is 28.7 Å². The fraction of sp³-hybridized carbons (Fsp3) is 0.136. The van der Waals surface area contributed by atoms with Crippen LogP contribution in [0.2, 0.25) is 5.02 Å². The Hall–Kier alpha value is -3.38. The van der Waals surface area contributed by atoms with Crippen LogP contribution in [0.3, 0.4) is 0 Å². The lowest BCUT2D eigenvalue weighted by Gasteiger charge is -2.05. The minimum atomic E-state index is -0.166. The number of aromatic amines is 1. The molecule has 6 nitrogen and oxygen atoms in total. The first-order chi connectivity index (χ1) is 14.2. The molecule has 0 radical (unpaired) electrons. The lowest BCUT2D eigenvalue weighted by Crippen LogP contribution is -2.06. The van der Waals surface area contributed by atoms with Gasteiger partial charge >= 0.3 is 0 Å². The van der Waals surface area contributed by atoms with Crippen LogP contribution in [0.15, 0.2) is 65.9 Å². The standard InChI is InChI=1S/C22H17ClN4O2/c23-15-7-5-14(6-8-15)12-27-13-17(16-3-1-2-4-19(16)27)20(28)21-25-11-18(26-21)22-24-9-10-29-22/h1-8,11,13H,9-10,12H2,(H,25,26). The number of nitrogens with zero attached hydrogens (tertiary/aromatic N) is 3. The van der Waals surface area contributed by atoms with Crippen LogP contribution in [0.5, 0.6) is 0 Å². The maximum absolute atomic E-state index is 13.2. The summed E-state index contributed by atoms with van der Waals surface area (Å²) in [5.74, 6) is 0.607. The predicted octanol–water partition coefficient (Wildman–Crippen LogP) is 4.07. The van der Waals surface area contributed by atoms with E-state index in [1.54, 1.807) is 6.20 Å². The molecule has 1 aliphatic rings. The second-order valence-electron chi connectivity index (χ2n) is 6.82. The highest BCUT2D eigenvalue weighted by Crippen LogP contribution is 2.25. The molecule has 4 aromatic rings. The average molecular weight is 405 g/mol. The summed E-state index contributed by atoms with van der Waals surface area (Å²) in [6.45, 7) is 1.81. The van der Waals surface area contributed by atoms with Gasteiger partial charge in [0.05, 0.1) is 18.3 Å². The van der Waals surface area contributed by atoms with Crippen LogP contribution in [0.4, 0.5) is 0 Å². The van der Waals surface area contributed by atoms with Crippen molar-refractivity contribution in [1.29, 1.82) is 0 Å². The molecular weight excluding hydrogens is 388 g/mol. The van der Waals surface area contributed by atoms with E-state index in [-0.39, 0.29) is 11.6 Å². The predicted molar refractivity (Wildman–Crippen MR) is 112 cm³/mol. The van der Waals surface area contributed by atoms with Crippen molar-refractivity contribution in [3.05, 3.63) is 88.6 Å². The van der Waals surface area contributed by atoms with Gasteiger partial charge in [0.1, 0.15) is 12.3 Å². The molecule has 2 aromatic carbocycles. The number of rotatable bonds is 5. The number of nitrogens with one attached hydrogen (secondary N) is 1. The van der Waals surface area contributed by atoms with Gasteiger partial charge in [0.25, 0.3) is 0 Å². The van der Waals surface area contributed by atoms with Gasteiger partial charge in [-0.05, 0) is 23.8 Å². The lowest BCUT2D eigenvalue weighted by molar-refractivity contribution is 0.103. The van der Waals surface area contributed by atoms with Gasteiger partial charge in [-0.15, -0.1) is 0 Å². The Morgan fingerprint density at radius 1 is 1.17 bits per heavy atom. The van der Waals surface area contributed by atoms with Crippen LogP contribution in [0, 0.1) is 0 Å². The Kier molecular flexibility index (Phi) is 4.41. The summed E-state index contributed by atoms with van der Waals surface area (Å²) < 4.78 is 7.51. The molecule has 5 rings (SSSR count). The van der Waals surface area contributed by atoms with E-state index >= 15 is 0 Å². The highest BCUT2D eigenvalue weighted by molar-refractivity contribution is 6.30. The van der Waals surface area contributed by atoms with Gasteiger partial charge < -0.3 is 14.3 Å². The van der Waals surface area contributed by atoms with Crippen molar-refractivity contribution in [2.75, 3.05) is 13.2 Å². The molecule has 29 heavy (non-hydrogen) atoms. The summed E-state index contributed by atoms with van der Waals surface area (Å²) in [6.07, 6.45) is 3.47. The topological polar surface area (TPSA) is 72.3 Å². The molecule has 0 spiro atoms. The maximum atomic E-state index is 13.2. The van der Waals surface area contributed by atoms with Gasteiger partial charge in [-0.3, -0.25) is 4.79 Å². The SMILES string of the molecule is O=C(c1ncc(C2=NCCO2)[nH]1)c1cn(Cc2ccc(Cl)cc2)c2ccccc12. The van der Waals surface area contributed by atoms with Gasteiger partial charge in [0.15, 0.2) is 5.82 Å². The van der Waals surface area contributed by atoms with E-state index in [1.165, 1.54) is 0 Å². The molecule has 144 valence electrons. The van der Waals surface area contributed by atoms with Crippen molar-refractivity contribution < 1.29 is 9.53 Å². The number of aromatic nitrogens is 3. The van der Waals surface area contributed by atoms with E-state index in [0.29, 0.717) is 41.9 Å². The summed E-state index contributed by atoms with van der Waals surface area (Å²) in [6, 6.07) is 15.6. The molecule has 3 heterocycles. The number of para-hydroxylation sites is 1. The normalized spacial score (nSPS) is 13.5. The van der Waals surface area contributed by atoms with Crippen molar-refractivity contribution in [2.24, 2.45) is 4.99 Å². The van der Waals surface area contributed by atoms with Crippen molar-refractivity contribution in [2.45, 2.75) is 6.54 Å². The smallest absolute Gasteiger partial charge is 0.234 e. The van der Waals surface area contributed by atoms with Crippen LogP contribution in [-0.4, -0.2) is 39.4 Å². The molecule has 0 aliphatic carbocycles. The minimum absolute atomic E-state index is 0.166. The number of aliphatic imine (C=N–C) groups is 1. The number of imidazole rings is 1. The molecule has 0 fully saturated rings. The Morgan fingerprint density at radius 2 is 2.00 bits per heavy atom. The Labute approximate surface area is 171 Å². The molecule has 0 bridgehead atoms. The lowest BCUT2D eigenvalue weighted by atomic mass is 10.1. The van der Waals surface area contributed by atoms with E-state index in [1.807, 2.05) is 54.7 Å². The molecule has 1 aliphatic heterocycles. The number of H-pyrrole nitrogens is 1. The number of hydrogen-bond acceptors (Lipinski definition) is 4. The van der Waals surface area contributed by atoms with Gasteiger partial charge in [-0.1, -0.05) is 41.9 Å². The zero-order chi connectivity index (χ0) is 19.8. The zero-order valence-electron chi connectivity index (χ0n) is 15.4. The summed E-state index contributed by atoms with van der Waals surface area (Å²) in [7, 11) is 0. The number of carbonyl (C=O) groups excluding carboxylic acids is 1. The van der Waals surface area contributed by atoms with Crippen molar-refractivity contribution in [3.8, 4) is 0 Å². The molecule has 0 saturated carbocycles. The summed E-state index contributed by atoms with van der Waals surface area (Å²) in [4.78, 5) is 24.8. The number of ether oxygens (including phenoxy) is 1. The van der Waals surface area contributed by atoms with E-state index in [4.69, 9.17) is 16.3 Å². The van der Waals surface area contributed by atoms with E-state index in [9.17, 15) is 4.79 Å². The number of halogens is 1. The third-order valence-electron chi connectivity index (χ3n) is 4.91. The van der Waals surface area contributed by atoms with Crippen LogP contribution in [-0.2, 0) is 11.3 Å². The van der Waals surface area contributed by atoms with Crippen LogP contribution in [0.25, 0.3) is 10.9 Å². The molecule has 0 atom stereocenters. The maximum Gasteiger partial charge on any atom is 0.234 e. The second-order valence-corrected chi connectivity index (χ2v) is 7.26. The summed E-state index contributed by atoms with van der Waals surface area (Å²) >= 11 is 5.99. The minimum Gasteiger partial charge on any atom is -0.474 e. The molecule has 0 saturated heterocycles. The largest absolute Gasteiger partial charge is 0.474 e. The van der Waals surface area contributed by atoms with Gasteiger partial charge in [-0.2, -0.15) is 0 Å². The number of hydrogen-bond donors (Lipinski definition) is 1. The first kappa shape index (κ1) is 17.7. The number of benzene rings is 2. The third-order valence-corrected chi connectivity index (χ3v) is 5.16. The molecule has 7 heteroatoms. The number of fused-ring (bicyclic) bond motifs is 1. The molecule has 0 unspecified atom stereocenters. The quantitative estimate of drug-likeness (QED) is 0.509. The van der Waals surface area contributed by atoms with Gasteiger partial charge in [0.2, 0.25) is 11.7 Å². The summed E-state index contributed by atoms with van der Waals surface area (Å²) in [5.41, 5.74) is 3.31. The third kappa shape index (κ3) is 3.32. The number of ketones is 1. The summed E-state index contributed by atoms with van der Waals surface area (Å²) in [5, 5.41) is 1.59. The second kappa shape index (κ2) is 7.22. The fourth-order valence-corrected chi connectivity index (χ4v) is 3.64. The highest BCUT2D eigenvalue weighted by Gasteiger charge is 2.21. The first-order valence-electron chi connectivity index (χ1n) is 9.29. The first-order valence-corrected chi connectivity index (χ1v) is 9.66. The van der Waals surface area contributed by atoms with Crippen molar-refractivity contribution >= 4 is 34.2 Å². The molecule has 1 N–H and O–H groups in total. The Bertz CT molecular complexity index is 1240. The van der Waals surface area contributed by atoms with E-state index < -0.39 is 0 Å². The van der Waals surface area contributed by atoms with E-state index in [0.717, 1.165) is 16.5 Å². The van der Waals surface area contributed by atoms with Crippen LogP contribution in [0.1, 0.15) is 27.4 Å². The van der Waals surface area contributed by atoms with Crippen molar-refractivity contribution in [1.82, 2.24) is 14.5 Å². The zero-order valence-corrected chi connectivity index (χ0v) is 16.2. The number of carbonyl (C=O) groups is 1. The van der Waals surface area contributed by atoms with Crippen LogP contribution >= 0.6 is 11.6 Å². The Morgan fingerprint density at radius 3 is 2.79 bits per heavy atom. The molecule has 2 aromatic heterocycles. The van der Waals surface area contributed by atoms with E-state index in [2.05, 4.69) is 19.5 Å². The highest BCUT2D eigenvalue weighted by atomic mass is 35.5. The monoisotopic (exact) mass is 404 g/mol.